The van der Waals surface area contributed by atoms with Gasteiger partial charge in [0.05, 0.1) is 7.11 Å². The fourth-order valence-electron chi connectivity index (χ4n) is 2.31. The van der Waals surface area contributed by atoms with Gasteiger partial charge < -0.3 is 4.74 Å². The summed E-state index contributed by atoms with van der Waals surface area (Å²) in [7, 11) is 1.56. The first-order chi connectivity index (χ1) is 12.7. The molecule has 0 radical (unpaired) electrons. The van der Waals surface area contributed by atoms with E-state index in [4.69, 9.17) is 4.74 Å². The summed E-state index contributed by atoms with van der Waals surface area (Å²) in [5.41, 5.74) is 7.48. The van der Waals surface area contributed by atoms with Crippen LogP contribution in [0.1, 0.15) is 23.0 Å². The lowest BCUT2D eigenvalue weighted by molar-refractivity contribution is 0.0962. The molecule has 3 aromatic rings. The standard InChI is InChI=1S/C19H19N5O2/c1-3-14-12-17(22-18(21-14)16-9-4-5-10-20-16)23-24-19(25)13-7-6-8-15(11-13)26-2/h4-12H,3H2,1-2H3,(H,24,25)(H,21,22,23). The molecule has 0 aliphatic heterocycles. The molecule has 7 heteroatoms. The molecular formula is C19H19N5O2. The van der Waals surface area contributed by atoms with Crippen molar-refractivity contribution in [2.75, 3.05) is 12.5 Å². The Hall–Kier alpha value is -3.48. The topological polar surface area (TPSA) is 89.0 Å². The van der Waals surface area contributed by atoms with E-state index in [1.54, 1.807) is 43.6 Å². The third-order valence-electron chi connectivity index (χ3n) is 3.67. The summed E-state index contributed by atoms with van der Waals surface area (Å²) in [6.07, 6.45) is 2.43. The first-order valence-corrected chi connectivity index (χ1v) is 8.19. The highest BCUT2D eigenvalue weighted by atomic mass is 16.5. The zero-order valence-corrected chi connectivity index (χ0v) is 14.6. The van der Waals surface area contributed by atoms with Crippen molar-refractivity contribution in [3.8, 4) is 17.3 Å². The van der Waals surface area contributed by atoms with Crippen LogP contribution in [0.4, 0.5) is 5.82 Å². The van der Waals surface area contributed by atoms with Crippen molar-refractivity contribution in [1.29, 1.82) is 0 Å². The normalized spacial score (nSPS) is 10.2. The third kappa shape index (κ3) is 4.13. The molecule has 0 aliphatic carbocycles. The molecule has 0 spiro atoms. The van der Waals surface area contributed by atoms with Gasteiger partial charge in [-0.15, -0.1) is 0 Å². The fraction of sp³-hybridized carbons (Fsp3) is 0.158. The van der Waals surface area contributed by atoms with Crippen LogP contribution in [0.2, 0.25) is 0 Å². The lowest BCUT2D eigenvalue weighted by Crippen LogP contribution is -2.30. The van der Waals surface area contributed by atoms with E-state index in [9.17, 15) is 4.79 Å². The van der Waals surface area contributed by atoms with Crippen molar-refractivity contribution in [2.45, 2.75) is 13.3 Å². The van der Waals surface area contributed by atoms with Crippen LogP contribution in [0, 0.1) is 0 Å². The third-order valence-corrected chi connectivity index (χ3v) is 3.67. The minimum atomic E-state index is -0.292. The molecule has 0 unspecified atom stereocenters. The second-order valence-electron chi connectivity index (χ2n) is 5.45. The summed E-state index contributed by atoms with van der Waals surface area (Å²) in [4.78, 5) is 25.5. The molecule has 0 atom stereocenters. The Balaban J connectivity index is 1.78. The van der Waals surface area contributed by atoms with Crippen LogP contribution < -0.4 is 15.6 Å². The number of hydrazine groups is 1. The SMILES string of the molecule is CCc1cc(NNC(=O)c2cccc(OC)c2)nc(-c2ccccn2)n1. The van der Waals surface area contributed by atoms with Crippen LogP contribution in [-0.4, -0.2) is 28.0 Å². The number of carbonyl (C=O) groups excluding carboxylic acids is 1. The number of pyridine rings is 1. The highest BCUT2D eigenvalue weighted by Crippen LogP contribution is 2.16. The number of nitrogens with one attached hydrogen (secondary N) is 2. The number of hydrogen-bond donors (Lipinski definition) is 2. The van der Waals surface area contributed by atoms with E-state index in [0.717, 1.165) is 12.1 Å². The van der Waals surface area contributed by atoms with Crippen LogP contribution in [0.3, 0.4) is 0 Å². The van der Waals surface area contributed by atoms with E-state index in [1.807, 2.05) is 25.1 Å². The Morgan fingerprint density at radius 2 is 2.00 bits per heavy atom. The molecule has 0 saturated carbocycles. The molecule has 2 heterocycles. The number of methoxy groups -OCH3 is 1. The Bertz CT molecular complexity index is 899. The second kappa shape index (κ2) is 8.06. The van der Waals surface area contributed by atoms with Crippen LogP contribution >= 0.6 is 0 Å². The highest BCUT2D eigenvalue weighted by Gasteiger charge is 2.10. The van der Waals surface area contributed by atoms with Crippen LogP contribution in [0.25, 0.3) is 11.5 Å². The number of carbonyl (C=O) groups is 1. The maximum atomic E-state index is 12.3. The fourth-order valence-corrected chi connectivity index (χ4v) is 2.31. The molecule has 2 N–H and O–H groups in total. The average molecular weight is 349 g/mol. The first kappa shape index (κ1) is 17.3. The van der Waals surface area contributed by atoms with Gasteiger partial charge in [0, 0.05) is 23.5 Å². The van der Waals surface area contributed by atoms with Crippen molar-refractivity contribution in [2.24, 2.45) is 0 Å². The van der Waals surface area contributed by atoms with Crippen molar-refractivity contribution in [3.63, 3.8) is 0 Å². The molecule has 0 saturated heterocycles. The van der Waals surface area contributed by atoms with Crippen molar-refractivity contribution in [1.82, 2.24) is 20.4 Å². The predicted octanol–water partition coefficient (Wildman–Crippen LogP) is 2.87. The van der Waals surface area contributed by atoms with Gasteiger partial charge in [0.2, 0.25) is 0 Å². The molecule has 26 heavy (non-hydrogen) atoms. The molecule has 0 bridgehead atoms. The molecule has 132 valence electrons. The maximum absolute atomic E-state index is 12.3. The number of amides is 1. The second-order valence-corrected chi connectivity index (χ2v) is 5.45. The minimum absolute atomic E-state index is 0.292. The molecular weight excluding hydrogens is 330 g/mol. The highest BCUT2D eigenvalue weighted by molar-refractivity contribution is 5.95. The number of ether oxygens (including phenoxy) is 1. The summed E-state index contributed by atoms with van der Waals surface area (Å²) in [5.74, 6) is 1.32. The van der Waals surface area contributed by atoms with Gasteiger partial charge in [-0.1, -0.05) is 19.1 Å². The number of aryl methyl sites for hydroxylation is 1. The summed E-state index contributed by atoms with van der Waals surface area (Å²) >= 11 is 0. The van der Waals surface area contributed by atoms with Crippen molar-refractivity contribution >= 4 is 11.7 Å². The molecule has 7 nitrogen and oxygen atoms in total. The van der Waals surface area contributed by atoms with Crippen LogP contribution in [-0.2, 0) is 6.42 Å². The van der Waals surface area contributed by atoms with Gasteiger partial charge in [0.25, 0.3) is 5.91 Å². The monoisotopic (exact) mass is 349 g/mol. The quantitative estimate of drug-likeness (QED) is 0.665. The van der Waals surface area contributed by atoms with Gasteiger partial charge in [-0.05, 0) is 36.8 Å². The maximum Gasteiger partial charge on any atom is 0.269 e. The predicted molar refractivity (Wildman–Crippen MR) is 98.7 cm³/mol. The molecule has 1 aromatic carbocycles. The number of hydrogen-bond acceptors (Lipinski definition) is 6. The van der Waals surface area contributed by atoms with Gasteiger partial charge >= 0.3 is 0 Å². The van der Waals surface area contributed by atoms with E-state index in [-0.39, 0.29) is 5.91 Å². The molecule has 0 aliphatic rings. The Kier molecular flexibility index (Phi) is 5.38. The Labute approximate surface area is 151 Å². The summed E-state index contributed by atoms with van der Waals surface area (Å²) < 4.78 is 5.13. The summed E-state index contributed by atoms with van der Waals surface area (Å²) in [5, 5.41) is 0. The van der Waals surface area contributed by atoms with Gasteiger partial charge in [-0.2, -0.15) is 0 Å². The number of benzene rings is 1. The average Bonchev–Trinajstić information content (AvgIpc) is 2.72. The van der Waals surface area contributed by atoms with Gasteiger partial charge in [0.15, 0.2) is 5.82 Å². The zero-order valence-electron chi connectivity index (χ0n) is 14.6. The molecule has 0 fully saturated rings. The lowest BCUT2D eigenvalue weighted by atomic mass is 10.2. The van der Waals surface area contributed by atoms with E-state index in [1.165, 1.54) is 0 Å². The van der Waals surface area contributed by atoms with E-state index in [0.29, 0.717) is 28.6 Å². The van der Waals surface area contributed by atoms with Gasteiger partial charge in [-0.25, -0.2) is 9.97 Å². The molecule has 1 amide bonds. The van der Waals surface area contributed by atoms with E-state index >= 15 is 0 Å². The largest absolute Gasteiger partial charge is 0.497 e. The minimum Gasteiger partial charge on any atom is -0.497 e. The van der Waals surface area contributed by atoms with Gasteiger partial charge in [0.1, 0.15) is 17.3 Å². The number of anilines is 1. The van der Waals surface area contributed by atoms with Crippen LogP contribution in [0.5, 0.6) is 5.75 Å². The number of aromatic nitrogens is 3. The lowest BCUT2D eigenvalue weighted by Gasteiger charge is -2.11. The first-order valence-electron chi connectivity index (χ1n) is 8.19. The molecule has 3 rings (SSSR count). The van der Waals surface area contributed by atoms with E-state index in [2.05, 4.69) is 25.8 Å². The van der Waals surface area contributed by atoms with Crippen molar-refractivity contribution in [3.05, 3.63) is 66.0 Å². The summed E-state index contributed by atoms with van der Waals surface area (Å²) in [6.45, 7) is 2.00. The Morgan fingerprint density at radius 3 is 2.73 bits per heavy atom. The smallest absolute Gasteiger partial charge is 0.269 e. The zero-order chi connectivity index (χ0) is 18.4. The summed E-state index contributed by atoms with van der Waals surface area (Å²) in [6, 6.07) is 14.2. The van der Waals surface area contributed by atoms with Gasteiger partial charge in [-0.3, -0.25) is 20.6 Å². The number of rotatable bonds is 6. The molecule has 2 aromatic heterocycles. The Morgan fingerprint density at radius 1 is 1.12 bits per heavy atom. The van der Waals surface area contributed by atoms with Crippen LogP contribution in [0.15, 0.2) is 54.7 Å². The van der Waals surface area contributed by atoms with E-state index < -0.39 is 0 Å². The number of nitrogens with zero attached hydrogens (tertiary/aromatic N) is 3. The van der Waals surface area contributed by atoms with Crippen molar-refractivity contribution < 1.29 is 9.53 Å².